The predicted octanol–water partition coefficient (Wildman–Crippen LogP) is 2.02. The van der Waals surface area contributed by atoms with E-state index in [1.165, 1.54) is 20.0 Å². The molecule has 9 nitrogen and oxygen atoms in total. The number of aromatic nitrogens is 4. The molecule has 0 bridgehead atoms. The SMILES string of the molecule is COC=O.O[n+]1cccc(CNc2cc(N3CCCC3)nc3c(Br)cnn23)c1. The van der Waals surface area contributed by atoms with Gasteiger partial charge in [-0.3, -0.25) is 10.0 Å². The third-order valence-electron chi connectivity index (χ3n) is 4.26. The lowest BCUT2D eigenvalue weighted by Crippen LogP contribution is -2.29. The van der Waals surface area contributed by atoms with Crippen molar-refractivity contribution < 1.29 is 19.5 Å². The third-order valence-corrected chi connectivity index (χ3v) is 4.82. The first kappa shape index (κ1) is 19.9. The van der Waals surface area contributed by atoms with Gasteiger partial charge in [0.2, 0.25) is 12.4 Å². The van der Waals surface area contributed by atoms with Crippen LogP contribution in [0.5, 0.6) is 0 Å². The molecule has 0 aliphatic carbocycles. The molecule has 10 heteroatoms. The molecule has 0 amide bonds. The number of rotatable bonds is 5. The van der Waals surface area contributed by atoms with Crippen molar-refractivity contribution in [3.05, 3.63) is 46.8 Å². The van der Waals surface area contributed by atoms with Gasteiger partial charge < -0.3 is 15.0 Å². The normalized spacial score (nSPS) is 13.1. The summed E-state index contributed by atoms with van der Waals surface area (Å²) in [5, 5.41) is 17.3. The summed E-state index contributed by atoms with van der Waals surface area (Å²) in [4.78, 5) is 16.0. The van der Waals surface area contributed by atoms with Crippen molar-refractivity contribution in [2.45, 2.75) is 19.4 Å². The van der Waals surface area contributed by atoms with E-state index in [-0.39, 0.29) is 0 Å². The minimum Gasteiger partial charge on any atom is -0.471 e. The highest BCUT2D eigenvalue weighted by atomic mass is 79.9. The number of pyridine rings is 1. The van der Waals surface area contributed by atoms with Crippen LogP contribution in [-0.2, 0) is 16.1 Å². The fraction of sp³-hybridized carbons (Fsp3) is 0.333. The monoisotopic (exact) mass is 449 g/mol. The fourth-order valence-corrected chi connectivity index (χ4v) is 3.31. The van der Waals surface area contributed by atoms with Crippen molar-refractivity contribution in [1.29, 1.82) is 0 Å². The van der Waals surface area contributed by atoms with Gasteiger partial charge in [0.15, 0.2) is 5.65 Å². The number of halogens is 1. The summed E-state index contributed by atoms with van der Waals surface area (Å²) in [7, 11) is 1.31. The number of nitrogens with zero attached hydrogens (tertiary/aromatic N) is 5. The van der Waals surface area contributed by atoms with E-state index >= 15 is 0 Å². The molecule has 148 valence electrons. The molecule has 1 aliphatic rings. The summed E-state index contributed by atoms with van der Waals surface area (Å²) in [5.41, 5.74) is 1.77. The Morgan fingerprint density at radius 2 is 2.18 bits per heavy atom. The van der Waals surface area contributed by atoms with Crippen LogP contribution in [-0.4, -0.2) is 46.5 Å². The lowest BCUT2D eigenvalue weighted by molar-refractivity contribution is -0.905. The largest absolute Gasteiger partial charge is 0.471 e. The van der Waals surface area contributed by atoms with Gasteiger partial charge in [-0.1, -0.05) is 0 Å². The van der Waals surface area contributed by atoms with Crippen LogP contribution >= 0.6 is 15.9 Å². The Kier molecular flexibility index (Phi) is 6.64. The molecule has 1 saturated heterocycles. The van der Waals surface area contributed by atoms with E-state index < -0.39 is 0 Å². The first-order chi connectivity index (χ1) is 13.6. The highest BCUT2D eigenvalue weighted by molar-refractivity contribution is 9.10. The molecule has 28 heavy (non-hydrogen) atoms. The number of fused-ring (bicyclic) bond motifs is 1. The zero-order valence-corrected chi connectivity index (χ0v) is 17.0. The predicted molar refractivity (Wildman–Crippen MR) is 106 cm³/mol. The Labute approximate surface area is 170 Å². The molecule has 1 aliphatic heterocycles. The average molecular weight is 450 g/mol. The number of methoxy groups -OCH3 is 1. The average Bonchev–Trinajstić information content (AvgIpc) is 3.37. The summed E-state index contributed by atoms with van der Waals surface area (Å²) in [6.07, 6.45) is 7.43. The Morgan fingerprint density at radius 3 is 2.86 bits per heavy atom. The number of nitrogens with one attached hydrogen (secondary N) is 1. The van der Waals surface area contributed by atoms with E-state index in [1.807, 2.05) is 12.1 Å². The van der Waals surface area contributed by atoms with Crippen LogP contribution in [0.2, 0.25) is 0 Å². The van der Waals surface area contributed by atoms with Crippen LogP contribution in [0.15, 0.2) is 41.3 Å². The molecule has 0 radical (unpaired) electrons. The second-order valence-electron chi connectivity index (χ2n) is 6.20. The second-order valence-corrected chi connectivity index (χ2v) is 7.05. The minimum absolute atomic E-state index is 0.375. The van der Waals surface area contributed by atoms with Crippen molar-refractivity contribution in [2.75, 3.05) is 30.4 Å². The van der Waals surface area contributed by atoms with Gasteiger partial charge >= 0.3 is 0 Å². The molecule has 0 atom stereocenters. The third kappa shape index (κ3) is 4.69. The van der Waals surface area contributed by atoms with Gasteiger partial charge in [-0.05, 0) is 34.8 Å². The number of carbonyl (C=O) groups excluding carboxylic acids is 1. The van der Waals surface area contributed by atoms with Crippen LogP contribution in [0.25, 0.3) is 5.65 Å². The summed E-state index contributed by atoms with van der Waals surface area (Å²) in [6, 6.07) is 5.80. The molecule has 0 unspecified atom stereocenters. The molecule has 0 aromatic carbocycles. The summed E-state index contributed by atoms with van der Waals surface area (Å²) >= 11 is 3.52. The van der Waals surface area contributed by atoms with Gasteiger partial charge in [-0.25, -0.2) is 4.98 Å². The quantitative estimate of drug-likeness (QED) is 0.349. The van der Waals surface area contributed by atoms with Gasteiger partial charge in [0.25, 0.3) is 6.47 Å². The number of hydrogen-bond acceptors (Lipinski definition) is 7. The smallest absolute Gasteiger partial charge is 0.292 e. The van der Waals surface area contributed by atoms with E-state index in [9.17, 15) is 5.21 Å². The Hall–Kier alpha value is -2.88. The van der Waals surface area contributed by atoms with E-state index in [0.717, 1.165) is 45.1 Å². The highest BCUT2D eigenvalue weighted by Crippen LogP contribution is 2.26. The highest BCUT2D eigenvalue weighted by Gasteiger charge is 2.17. The van der Waals surface area contributed by atoms with Crippen LogP contribution < -0.4 is 14.9 Å². The Bertz CT molecular complexity index is 942. The van der Waals surface area contributed by atoms with Gasteiger partial charge in [-0.2, -0.15) is 9.61 Å². The number of hydrogen-bond donors (Lipinski definition) is 2. The summed E-state index contributed by atoms with van der Waals surface area (Å²) in [5.74, 6) is 1.84. The standard InChI is InChI=1S/C16H18BrN6O.C2H4O2/c17-13-10-19-23-14(18-9-12-4-3-7-22(24)11-12)8-15(20-16(13)23)21-5-1-2-6-21;1-4-2-3/h3-4,7-8,10-11,18,24H,1-2,5-6,9H2;2H,1H3/q+1;. The molecule has 2 N–H and O–H groups in total. The van der Waals surface area contributed by atoms with Gasteiger partial charge in [0, 0.05) is 42.1 Å². The maximum absolute atomic E-state index is 9.52. The first-order valence-electron chi connectivity index (χ1n) is 8.81. The lowest BCUT2D eigenvalue weighted by Gasteiger charge is -2.18. The van der Waals surface area contributed by atoms with Crippen LogP contribution in [0.1, 0.15) is 18.4 Å². The Balaban J connectivity index is 0.000000516. The maximum Gasteiger partial charge on any atom is 0.292 e. The van der Waals surface area contributed by atoms with Gasteiger partial charge in [0.05, 0.1) is 17.8 Å². The van der Waals surface area contributed by atoms with Crippen LogP contribution in [0, 0.1) is 0 Å². The molecule has 0 spiro atoms. The molecule has 3 aromatic rings. The number of carbonyl (C=O) groups is 1. The molecule has 3 aromatic heterocycles. The summed E-state index contributed by atoms with van der Waals surface area (Å²) < 4.78 is 7.58. The van der Waals surface area contributed by atoms with E-state index in [0.29, 0.717) is 13.0 Å². The molecule has 4 rings (SSSR count). The van der Waals surface area contributed by atoms with Crippen molar-refractivity contribution in [3.8, 4) is 0 Å². The molecule has 0 saturated carbocycles. The fourth-order valence-electron chi connectivity index (χ4n) is 2.97. The van der Waals surface area contributed by atoms with Crippen molar-refractivity contribution in [3.63, 3.8) is 0 Å². The number of anilines is 2. The second kappa shape index (κ2) is 9.36. The van der Waals surface area contributed by atoms with E-state index in [4.69, 9.17) is 9.78 Å². The Morgan fingerprint density at radius 1 is 1.43 bits per heavy atom. The molecule has 4 heterocycles. The number of ether oxygens (including phenoxy) is 1. The van der Waals surface area contributed by atoms with Gasteiger partial charge in [0.1, 0.15) is 11.6 Å². The van der Waals surface area contributed by atoms with Crippen molar-refractivity contribution in [1.82, 2.24) is 14.6 Å². The molecule has 1 fully saturated rings. The van der Waals surface area contributed by atoms with E-state index in [2.05, 4.69) is 36.0 Å². The van der Waals surface area contributed by atoms with Crippen molar-refractivity contribution >= 4 is 39.7 Å². The summed E-state index contributed by atoms with van der Waals surface area (Å²) in [6.45, 7) is 3.03. The lowest BCUT2D eigenvalue weighted by atomic mass is 10.3. The van der Waals surface area contributed by atoms with E-state index in [1.54, 1.807) is 29.2 Å². The maximum atomic E-state index is 9.52. The zero-order chi connectivity index (χ0) is 19.9. The van der Waals surface area contributed by atoms with Crippen molar-refractivity contribution in [2.24, 2.45) is 0 Å². The molecular weight excluding hydrogens is 428 g/mol. The minimum atomic E-state index is 0.375. The zero-order valence-electron chi connectivity index (χ0n) is 15.5. The van der Waals surface area contributed by atoms with Crippen LogP contribution in [0.3, 0.4) is 0 Å². The molecular formula is C18H22BrN6O3+. The van der Waals surface area contributed by atoms with Gasteiger partial charge in [-0.15, -0.1) is 0 Å². The topological polar surface area (TPSA) is 95.9 Å². The first-order valence-corrected chi connectivity index (χ1v) is 9.60. The van der Waals surface area contributed by atoms with Crippen LogP contribution in [0.4, 0.5) is 11.6 Å².